The van der Waals surface area contributed by atoms with Crippen molar-refractivity contribution in [3.05, 3.63) is 95.0 Å². The Bertz CT molecular complexity index is 1520. The lowest BCUT2D eigenvalue weighted by Gasteiger charge is -2.11. The molecule has 0 fully saturated rings. The monoisotopic (exact) mass is 438 g/mol. The van der Waals surface area contributed by atoms with Crippen LogP contribution in [0.5, 0.6) is 5.75 Å². The first-order chi connectivity index (χ1) is 16.1. The number of nitrogens with one attached hydrogen (secondary N) is 2. The Kier molecular flexibility index (Phi) is 5.16. The summed E-state index contributed by atoms with van der Waals surface area (Å²) < 4.78 is 9.80. The summed E-state index contributed by atoms with van der Waals surface area (Å²) in [6.45, 7) is 0. The lowest BCUT2D eigenvalue weighted by atomic mass is 10.0. The average Bonchev–Trinajstić information content (AvgIpc) is 3.30. The zero-order chi connectivity index (χ0) is 22.8. The molecular weight excluding hydrogens is 420 g/mol. The van der Waals surface area contributed by atoms with Crippen molar-refractivity contribution in [2.75, 3.05) is 12.4 Å². The fourth-order valence-electron chi connectivity index (χ4n) is 3.57. The number of aromatic amines is 1. The van der Waals surface area contributed by atoms with E-state index in [0.29, 0.717) is 28.0 Å². The number of fused-ring (bicyclic) bond motifs is 1. The van der Waals surface area contributed by atoms with Crippen LogP contribution in [0.3, 0.4) is 0 Å². The molecule has 162 valence electrons. The highest BCUT2D eigenvalue weighted by atomic mass is 16.5. The van der Waals surface area contributed by atoms with Crippen LogP contribution in [0.25, 0.3) is 33.5 Å². The van der Waals surface area contributed by atoms with E-state index in [2.05, 4.69) is 20.0 Å². The molecule has 0 saturated carbocycles. The smallest absolute Gasteiger partial charge is 0.439 e. The van der Waals surface area contributed by atoms with Crippen LogP contribution in [0.2, 0.25) is 0 Å². The number of hydrogen-bond donors (Lipinski definition) is 2. The van der Waals surface area contributed by atoms with Crippen LogP contribution in [0.1, 0.15) is 10.4 Å². The topological polar surface area (TPSA) is 110 Å². The molecular formula is C25H18N4O4. The van der Waals surface area contributed by atoms with Gasteiger partial charge >= 0.3 is 5.76 Å². The van der Waals surface area contributed by atoms with Crippen molar-refractivity contribution in [2.24, 2.45) is 0 Å². The number of methoxy groups -OCH3 is 1. The minimum atomic E-state index is -0.645. The van der Waals surface area contributed by atoms with Gasteiger partial charge in [-0.25, -0.2) is 9.78 Å². The van der Waals surface area contributed by atoms with Crippen LogP contribution in [-0.2, 0) is 0 Å². The lowest BCUT2D eigenvalue weighted by molar-refractivity contribution is 0.102. The minimum Gasteiger partial charge on any atom is -0.497 e. The molecule has 33 heavy (non-hydrogen) atoms. The molecule has 0 spiro atoms. The van der Waals surface area contributed by atoms with Crippen LogP contribution in [0.15, 0.2) is 88.2 Å². The highest BCUT2D eigenvalue weighted by molar-refractivity contribution is 6.13. The van der Waals surface area contributed by atoms with Gasteiger partial charge < -0.3 is 10.1 Å². The molecule has 2 N–H and O–H groups in total. The Labute approximate surface area is 187 Å². The van der Waals surface area contributed by atoms with Gasteiger partial charge in [0.2, 0.25) is 0 Å². The zero-order valence-electron chi connectivity index (χ0n) is 17.5. The van der Waals surface area contributed by atoms with E-state index in [-0.39, 0.29) is 11.7 Å². The fraction of sp³-hybridized carbons (Fsp3) is 0.0400. The summed E-state index contributed by atoms with van der Waals surface area (Å²) in [7, 11) is 1.61. The number of para-hydroxylation sites is 1. The van der Waals surface area contributed by atoms with Gasteiger partial charge in [0.25, 0.3) is 5.91 Å². The van der Waals surface area contributed by atoms with Gasteiger partial charge in [0.05, 0.1) is 23.9 Å². The third-order valence-corrected chi connectivity index (χ3v) is 5.18. The van der Waals surface area contributed by atoms with E-state index < -0.39 is 5.76 Å². The molecule has 8 nitrogen and oxygen atoms in total. The van der Waals surface area contributed by atoms with Crippen LogP contribution in [0.4, 0.5) is 5.69 Å². The second-order valence-corrected chi connectivity index (χ2v) is 7.28. The molecule has 2 heterocycles. The molecule has 5 aromatic rings. The molecule has 0 aliphatic heterocycles. The summed E-state index contributed by atoms with van der Waals surface area (Å²) in [4.78, 5) is 31.8. The molecule has 1 amide bonds. The van der Waals surface area contributed by atoms with Gasteiger partial charge in [-0.2, -0.15) is 0 Å². The highest BCUT2D eigenvalue weighted by Gasteiger charge is 2.15. The SMILES string of the molecule is COc1ccc(-c2cc(C(=O)Nc3cccc(-c4noc(=O)[nH]4)c3)c3ccccc3n2)cc1. The summed E-state index contributed by atoms with van der Waals surface area (Å²) >= 11 is 0. The van der Waals surface area contributed by atoms with Gasteiger partial charge in [0.1, 0.15) is 5.75 Å². The maximum Gasteiger partial charge on any atom is 0.439 e. The number of ether oxygens (including phenoxy) is 1. The zero-order valence-corrected chi connectivity index (χ0v) is 17.5. The van der Waals surface area contributed by atoms with Crippen LogP contribution < -0.4 is 15.8 Å². The number of carbonyl (C=O) groups excluding carboxylic acids is 1. The van der Waals surface area contributed by atoms with Crippen molar-refractivity contribution in [2.45, 2.75) is 0 Å². The van der Waals surface area contributed by atoms with E-state index in [4.69, 9.17) is 9.72 Å². The van der Waals surface area contributed by atoms with E-state index in [0.717, 1.165) is 16.7 Å². The minimum absolute atomic E-state index is 0.283. The van der Waals surface area contributed by atoms with Gasteiger partial charge in [-0.15, -0.1) is 0 Å². The molecule has 3 aromatic carbocycles. The summed E-state index contributed by atoms with van der Waals surface area (Å²) in [5, 5.41) is 7.36. The van der Waals surface area contributed by atoms with E-state index in [1.807, 2.05) is 48.5 Å². The third-order valence-electron chi connectivity index (χ3n) is 5.18. The standard InChI is InChI=1S/C25H18N4O4/c1-32-18-11-9-15(10-12-18)22-14-20(19-7-2-3-8-21(19)27-22)24(30)26-17-6-4-5-16(13-17)23-28-25(31)33-29-23/h2-14H,1H3,(H,26,30)(H,28,29,31). The van der Waals surface area contributed by atoms with Crippen molar-refractivity contribution < 1.29 is 14.1 Å². The largest absolute Gasteiger partial charge is 0.497 e. The number of pyridine rings is 1. The van der Waals surface area contributed by atoms with E-state index in [9.17, 15) is 9.59 Å². The molecule has 5 rings (SSSR count). The van der Waals surface area contributed by atoms with Crippen LogP contribution in [-0.4, -0.2) is 28.1 Å². The van der Waals surface area contributed by atoms with Crippen molar-refractivity contribution >= 4 is 22.5 Å². The quantitative estimate of drug-likeness (QED) is 0.418. The molecule has 0 saturated heterocycles. The van der Waals surface area contributed by atoms with Crippen molar-refractivity contribution in [3.63, 3.8) is 0 Å². The number of anilines is 1. The molecule has 0 bridgehead atoms. The Morgan fingerprint density at radius 2 is 1.79 bits per heavy atom. The predicted octanol–water partition coefficient (Wildman–Crippen LogP) is 4.51. The van der Waals surface area contributed by atoms with E-state index >= 15 is 0 Å². The Morgan fingerprint density at radius 3 is 2.55 bits per heavy atom. The summed E-state index contributed by atoms with van der Waals surface area (Å²) in [6.07, 6.45) is 0. The normalized spacial score (nSPS) is 10.8. The molecule has 0 radical (unpaired) electrons. The summed E-state index contributed by atoms with van der Waals surface area (Å²) in [5.74, 6) is 0.0982. The number of carbonyl (C=O) groups is 1. The number of benzene rings is 3. The van der Waals surface area contributed by atoms with Gasteiger partial charge in [0, 0.05) is 22.2 Å². The fourth-order valence-corrected chi connectivity index (χ4v) is 3.57. The number of rotatable bonds is 5. The van der Waals surface area contributed by atoms with Gasteiger partial charge in [-0.1, -0.05) is 35.5 Å². The van der Waals surface area contributed by atoms with E-state index in [1.165, 1.54) is 0 Å². The van der Waals surface area contributed by atoms with Gasteiger partial charge in [-0.05, 0) is 48.5 Å². The van der Waals surface area contributed by atoms with Crippen molar-refractivity contribution in [1.29, 1.82) is 0 Å². The Hall–Kier alpha value is -4.72. The maximum atomic E-state index is 13.3. The molecule has 0 aliphatic rings. The van der Waals surface area contributed by atoms with Crippen LogP contribution in [0, 0.1) is 0 Å². The van der Waals surface area contributed by atoms with Crippen molar-refractivity contribution in [1.82, 2.24) is 15.1 Å². The number of aromatic nitrogens is 3. The Balaban J connectivity index is 1.52. The number of nitrogens with zero attached hydrogens (tertiary/aromatic N) is 2. The van der Waals surface area contributed by atoms with Crippen molar-refractivity contribution in [3.8, 4) is 28.4 Å². The highest BCUT2D eigenvalue weighted by Crippen LogP contribution is 2.27. The number of H-pyrrole nitrogens is 1. The predicted molar refractivity (Wildman–Crippen MR) is 124 cm³/mol. The molecule has 8 heteroatoms. The molecule has 2 aromatic heterocycles. The first kappa shape index (κ1) is 20.2. The number of amides is 1. The van der Waals surface area contributed by atoms with Gasteiger partial charge in [-0.3, -0.25) is 14.3 Å². The second kappa shape index (κ2) is 8.43. The second-order valence-electron chi connectivity index (χ2n) is 7.28. The average molecular weight is 438 g/mol. The lowest BCUT2D eigenvalue weighted by Crippen LogP contribution is -2.13. The van der Waals surface area contributed by atoms with Crippen LogP contribution >= 0.6 is 0 Å². The molecule has 0 atom stereocenters. The molecule has 0 unspecified atom stereocenters. The number of hydrogen-bond acceptors (Lipinski definition) is 6. The Morgan fingerprint density at radius 1 is 0.970 bits per heavy atom. The first-order valence-corrected chi connectivity index (χ1v) is 10.1. The third kappa shape index (κ3) is 4.09. The molecule has 0 aliphatic carbocycles. The van der Waals surface area contributed by atoms with E-state index in [1.54, 1.807) is 37.4 Å². The summed E-state index contributed by atoms with van der Waals surface area (Å²) in [5.41, 5.74) is 3.91. The summed E-state index contributed by atoms with van der Waals surface area (Å²) in [6, 6.07) is 23.8. The first-order valence-electron chi connectivity index (χ1n) is 10.1. The van der Waals surface area contributed by atoms with Gasteiger partial charge in [0.15, 0.2) is 5.82 Å². The maximum absolute atomic E-state index is 13.3.